The molecule has 2 fully saturated rings. The van der Waals surface area contributed by atoms with E-state index in [1.54, 1.807) is 0 Å². The summed E-state index contributed by atoms with van der Waals surface area (Å²) in [6, 6.07) is 0. The highest BCUT2D eigenvalue weighted by molar-refractivity contribution is 5.97. The molecule has 0 aliphatic carbocycles. The van der Waals surface area contributed by atoms with Crippen LogP contribution in [0.15, 0.2) is 0 Å². The number of hydrogen-bond acceptors (Lipinski definition) is 3. The molecule has 0 aromatic rings. The molecule has 2 amide bonds. The fourth-order valence-electron chi connectivity index (χ4n) is 2.99. The number of amides is 2. The van der Waals surface area contributed by atoms with Crippen LogP contribution in [-0.4, -0.2) is 72.3 Å². The van der Waals surface area contributed by atoms with Crippen LogP contribution >= 0.6 is 0 Å². The molecule has 5 nitrogen and oxygen atoms in total. The number of likely N-dealkylation sites (tertiary alicyclic amines) is 1. The summed E-state index contributed by atoms with van der Waals surface area (Å²) in [6.45, 7) is 8.22. The van der Waals surface area contributed by atoms with Crippen molar-refractivity contribution in [2.24, 2.45) is 0 Å². The smallest absolute Gasteiger partial charge is 0.232 e. The number of rotatable bonds is 3. The van der Waals surface area contributed by atoms with Gasteiger partial charge in [0.15, 0.2) is 0 Å². The van der Waals surface area contributed by atoms with Gasteiger partial charge in [-0.1, -0.05) is 19.8 Å². The zero-order chi connectivity index (χ0) is 14.4. The Hall–Kier alpha value is -1.10. The Morgan fingerprint density at radius 1 is 0.750 bits per heavy atom. The van der Waals surface area contributed by atoms with Crippen molar-refractivity contribution in [3.05, 3.63) is 0 Å². The van der Waals surface area contributed by atoms with E-state index >= 15 is 0 Å². The molecule has 0 unspecified atom stereocenters. The summed E-state index contributed by atoms with van der Waals surface area (Å²) < 4.78 is 0. The molecular weight excluding hydrogens is 254 g/mol. The van der Waals surface area contributed by atoms with Crippen molar-refractivity contribution >= 4 is 11.8 Å². The van der Waals surface area contributed by atoms with Crippen molar-refractivity contribution in [1.29, 1.82) is 0 Å². The first-order chi connectivity index (χ1) is 9.70. The predicted octanol–water partition coefficient (Wildman–Crippen LogP) is 0.943. The highest BCUT2D eigenvalue weighted by atomic mass is 16.2. The van der Waals surface area contributed by atoms with E-state index < -0.39 is 0 Å². The third kappa shape index (κ3) is 4.20. The van der Waals surface area contributed by atoms with E-state index in [2.05, 4.69) is 11.8 Å². The molecule has 0 radical (unpaired) electrons. The minimum atomic E-state index is 0.00926. The lowest BCUT2D eigenvalue weighted by atomic mass is 10.2. The van der Waals surface area contributed by atoms with E-state index in [-0.39, 0.29) is 18.2 Å². The largest absolute Gasteiger partial charge is 0.342 e. The van der Waals surface area contributed by atoms with Gasteiger partial charge in [-0.15, -0.1) is 0 Å². The topological polar surface area (TPSA) is 43.9 Å². The number of likely N-dealkylation sites (N-methyl/N-ethyl adjacent to an activating group) is 1. The summed E-state index contributed by atoms with van der Waals surface area (Å²) in [6.07, 6.45) is 4.63. The average Bonchev–Trinajstić information content (AvgIpc) is 2.76. The second-order valence-electron chi connectivity index (χ2n) is 5.79. The number of hydrogen-bond donors (Lipinski definition) is 0. The predicted molar refractivity (Wildman–Crippen MR) is 78.4 cm³/mol. The zero-order valence-electron chi connectivity index (χ0n) is 12.6. The number of nitrogens with zero attached hydrogens (tertiary/aromatic N) is 3. The molecule has 20 heavy (non-hydrogen) atoms. The molecule has 0 atom stereocenters. The van der Waals surface area contributed by atoms with Gasteiger partial charge >= 0.3 is 0 Å². The second-order valence-corrected chi connectivity index (χ2v) is 5.79. The number of carbonyl (C=O) groups excluding carboxylic acids is 2. The van der Waals surface area contributed by atoms with Crippen molar-refractivity contribution < 1.29 is 9.59 Å². The van der Waals surface area contributed by atoms with E-state index in [9.17, 15) is 9.59 Å². The van der Waals surface area contributed by atoms with Crippen molar-refractivity contribution in [3.8, 4) is 0 Å². The maximum absolute atomic E-state index is 12.2. The number of carbonyl (C=O) groups is 2. The second kappa shape index (κ2) is 7.62. The molecule has 0 saturated carbocycles. The Kier molecular flexibility index (Phi) is 5.83. The van der Waals surface area contributed by atoms with Crippen LogP contribution in [0.5, 0.6) is 0 Å². The summed E-state index contributed by atoms with van der Waals surface area (Å²) in [5, 5.41) is 0. The molecule has 2 saturated heterocycles. The van der Waals surface area contributed by atoms with Crippen LogP contribution in [0.3, 0.4) is 0 Å². The molecule has 0 N–H and O–H groups in total. The third-order valence-corrected chi connectivity index (χ3v) is 4.43. The molecule has 5 heteroatoms. The van der Waals surface area contributed by atoms with Gasteiger partial charge in [-0.2, -0.15) is 0 Å². The van der Waals surface area contributed by atoms with E-state index in [0.717, 1.165) is 58.7 Å². The van der Waals surface area contributed by atoms with Gasteiger partial charge in [0, 0.05) is 39.3 Å². The van der Waals surface area contributed by atoms with Gasteiger partial charge in [0.2, 0.25) is 11.8 Å². The van der Waals surface area contributed by atoms with E-state index in [0.29, 0.717) is 0 Å². The van der Waals surface area contributed by atoms with Crippen LogP contribution in [0.4, 0.5) is 0 Å². The summed E-state index contributed by atoms with van der Waals surface area (Å²) in [4.78, 5) is 30.4. The molecule has 0 spiro atoms. The summed E-state index contributed by atoms with van der Waals surface area (Å²) >= 11 is 0. The first-order valence-corrected chi connectivity index (χ1v) is 7.98. The van der Waals surface area contributed by atoms with Crippen LogP contribution in [0.1, 0.15) is 39.0 Å². The molecule has 2 aliphatic heterocycles. The normalized spacial score (nSPS) is 21.6. The Labute approximate surface area is 121 Å². The molecule has 0 bridgehead atoms. The average molecular weight is 281 g/mol. The van der Waals surface area contributed by atoms with Crippen LogP contribution in [-0.2, 0) is 9.59 Å². The van der Waals surface area contributed by atoms with Crippen molar-refractivity contribution in [3.63, 3.8) is 0 Å². The van der Waals surface area contributed by atoms with Gasteiger partial charge in [0.1, 0.15) is 6.42 Å². The Morgan fingerprint density at radius 2 is 1.25 bits per heavy atom. The first-order valence-electron chi connectivity index (χ1n) is 7.98. The van der Waals surface area contributed by atoms with Crippen molar-refractivity contribution in [2.45, 2.75) is 39.0 Å². The van der Waals surface area contributed by atoms with Gasteiger partial charge in [-0.25, -0.2) is 0 Å². The highest BCUT2D eigenvalue weighted by Crippen LogP contribution is 2.12. The molecule has 2 aliphatic rings. The quantitative estimate of drug-likeness (QED) is 0.723. The summed E-state index contributed by atoms with van der Waals surface area (Å²) in [5.41, 5.74) is 0. The maximum Gasteiger partial charge on any atom is 0.232 e. The maximum atomic E-state index is 12.2. The summed E-state index contributed by atoms with van der Waals surface area (Å²) in [5.74, 6) is 0.0322. The molecule has 0 aromatic carbocycles. The Morgan fingerprint density at radius 3 is 1.75 bits per heavy atom. The van der Waals surface area contributed by atoms with E-state index in [4.69, 9.17) is 0 Å². The van der Waals surface area contributed by atoms with Gasteiger partial charge in [-0.05, 0) is 19.4 Å². The number of piperazine rings is 1. The Bertz CT molecular complexity index is 330. The monoisotopic (exact) mass is 281 g/mol. The van der Waals surface area contributed by atoms with Crippen molar-refractivity contribution in [1.82, 2.24) is 14.7 Å². The minimum absolute atomic E-state index is 0.00926. The van der Waals surface area contributed by atoms with Gasteiger partial charge in [0.25, 0.3) is 0 Å². The molecular formula is C15H27N3O2. The Balaban J connectivity index is 1.77. The van der Waals surface area contributed by atoms with Crippen LogP contribution in [0.2, 0.25) is 0 Å². The molecule has 0 aromatic heterocycles. The minimum Gasteiger partial charge on any atom is -0.342 e. The van der Waals surface area contributed by atoms with Gasteiger partial charge in [-0.3, -0.25) is 9.59 Å². The lowest BCUT2D eigenvalue weighted by Crippen LogP contribution is -2.49. The zero-order valence-corrected chi connectivity index (χ0v) is 12.6. The fraction of sp³-hybridized carbons (Fsp3) is 0.867. The van der Waals surface area contributed by atoms with Crippen LogP contribution in [0, 0.1) is 0 Å². The first kappa shape index (κ1) is 15.3. The van der Waals surface area contributed by atoms with Crippen LogP contribution < -0.4 is 0 Å². The molecule has 2 heterocycles. The van der Waals surface area contributed by atoms with Crippen LogP contribution in [0.25, 0.3) is 0 Å². The van der Waals surface area contributed by atoms with E-state index in [1.807, 2.05) is 9.80 Å². The molecule has 114 valence electrons. The third-order valence-electron chi connectivity index (χ3n) is 4.43. The fourth-order valence-corrected chi connectivity index (χ4v) is 2.99. The SMILES string of the molecule is CCN1CCN(C(=O)CC(=O)N2CCCCCC2)CC1. The summed E-state index contributed by atoms with van der Waals surface area (Å²) in [7, 11) is 0. The standard InChI is InChI=1S/C15H27N3O2/c1-2-16-9-11-18(12-10-16)15(20)13-14(19)17-7-5-3-4-6-8-17/h2-13H2,1H3. The molecule has 2 rings (SSSR count). The lowest BCUT2D eigenvalue weighted by molar-refractivity contribution is -0.141. The highest BCUT2D eigenvalue weighted by Gasteiger charge is 2.24. The van der Waals surface area contributed by atoms with Gasteiger partial charge in [0.05, 0.1) is 0 Å². The van der Waals surface area contributed by atoms with E-state index in [1.165, 1.54) is 12.8 Å². The lowest BCUT2D eigenvalue weighted by Gasteiger charge is -2.34. The van der Waals surface area contributed by atoms with Gasteiger partial charge < -0.3 is 14.7 Å². The van der Waals surface area contributed by atoms with Crippen molar-refractivity contribution in [2.75, 3.05) is 45.8 Å².